The number of piperidine rings is 1. The van der Waals surface area contributed by atoms with Crippen LogP contribution in [0.4, 0.5) is 0 Å². The molecule has 4 rings (SSSR count). The van der Waals surface area contributed by atoms with Gasteiger partial charge in [0.2, 0.25) is 5.91 Å². The van der Waals surface area contributed by atoms with Crippen molar-refractivity contribution in [2.75, 3.05) is 39.4 Å². The van der Waals surface area contributed by atoms with Crippen molar-refractivity contribution in [1.82, 2.24) is 19.4 Å². The van der Waals surface area contributed by atoms with Gasteiger partial charge in [-0.1, -0.05) is 0 Å². The van der Waals surface area contributed by atoms with Gasteiger partial charge in [-0.05, 0) is 25.7 Å². The zero-order valence-electron chi connectivity index (χ0n) is 15.0. The molecule has 3 aliphatic rings. The number of rotatable bonds is 2. The number of aliphatic hydroxyl groups is 1. The molecule has 0 spiro atoms. The number of carbonyl (C=O) groups is 2. The highest BCUT2D eigenvalue weighted by molar-refractivity contribution is 5.93. The summed E-state index contributed by atoms with van der Waals surface area (Å²) in [5.41, 5.74) is 1.45. The molecule has 0 aromatic carbocycles. The molecule has 8 nitrogen and oxygen atoms in total. The van der Waals surface area contributed by atoms with Crippen molar-refractivity contribution >= 4 is 11.8 Å². The SMILES string of the molecule is O=C(c1ncn2c1CCC(C(=O)N1CCOCC1)C2)N1CCC(O)CC1. The molecule has 26 heavy (non-hydrogen) atoms. The lowest BCUT2D eigenvalue weighted by molar-refractivity contribution is -0.140. The molecule has 3 aliphatic heterocycles. The van der Waals surface area contributed by atoms with Crippen LogP contribution in [0.15, 0.2) is 6.33 Å². The topological polar surface area (TPSA) is 87.9 Å². The van der Waals surface area contributed by atoms with Crippen LogP contribution in [0.5, 0.6) is 0 Å². The Kier molecular flexibility index (Phi) is 4.95. The summed E-state index contributed by atoms with van der Waals surface area (Å²) in [7, 11) is 0. The average Bonchev–Trinajstić information content (AvgIpc) is 3.11. The van der Waals surface area contributed by atoms with Gasteiger partial charge in [-0.15, -0.1) is 0 Å². The standard InChI is InChI=1S/C18H26N4O4/c23-14-3-5-20(6-4-14)18(25)16-15-2-1-13(11-22(15)12-19-16)17(24)21-7-9-26-10-8-21/h12-14,23H,1-11H2. The molecule has 1 N–H and O–H groups in total. The predicted molar refractivity (Wildman–Crippen MR) is 92.6 cm³/mol. The highest BCUT2D eigenvalue weighted by atomic mass is 16.5. The van der Waals surface area contributed by atoms with Crippen LogP contribution in [0.3, 0.4) is 0 Å². The summed E-state index contributed by atoms with van der Waals surface area (Å²) in [6.45, 7) is 4.28. The zero-order chi connectivity index (χ0) is 18.1. The summed E-state index contributed by atoms with van der Waals surface area (Å²) in [5.74, 6) is 0.0806. The maximum atomic E-state index is 12.8. The van der Waals surface area contributed by atoms with Crippen LogP contribution in [0.25, 0.3) is 0 Å². The van der Waals surface area contributed by atoms with E-state index >= 15 is 0 Å². The predicted octanol–water partition coefficient (Wildman–Crippen LogP) is -0.0988. The van der Waals surface area contributed by atoms with E-state index in [0.717, 1.165) is 12.1 Å². The summed E-state index contributed by atoms with van der Waals surface area (Å²) in [5, 5.41) is 9.62. The molecule has 4 heterocycles. The van der Waals surface area contributed by atoms with Crippen LogP contribution in [0.1, 0.15) is 35.4 Å². The number of imidazole rings is 1. The number of hydrogen-bond donors (Lipinski definition) is 1. The lowest BCUT2D eigenvalue weighted by atomic mass is 9.95. The number of aromatic nitrogens is 2. The number of ether oxygens (including phenoxy) is 1. The van der Waals surface area contributed by atoms with Gasteiger partial charge in [0, 0.05) is 32.7 Å². The van der Waals surface area contributed by atoms with Gasteiger partial charge >= 0.3 is 0 Å². The fourth-order valence-corrected chi connectivity index (χ4v) is 4.11. The Balaban J connectivity index is 1.43. The van der Waals surface area contributed by atoms with Gasteiger partial charge in [-0.3, -0.25) is 9.59 Å². The van der Waals surface area contributed by atoms with E-state index in [2.05, 4.69) is 4.98 Å². The first-order valence-electron chi connectivity index (χ1n) is 9.51. The van der Waals surface area contributed by atoms with E-state index in [1.54, 1.807) is 11.2 Å². The van der Waals surface area contributed by atoms with Crippen molar-refractivity contribution in [3.05, 3.63) is 17.7 Å². The van der Waals surface area contributed by atoms with E-state index < -0.39 is 0 Å². The van der Waals surface area contributed by atoms with Crippen molar-refractivity contribution in [3.8, 4) is 0 Å². The van der Waals surface area contributed by atoms with Gasteiger partial charge in [0.25, 0.3) is 5.91 Å². The molecule has 1 unspecified atom stereocenters. The van der Waals surface area contributed by atoms with Gasteiger partial charge < -0.3 is 24.2 Å². The molecule has 0 saturated carbocycles. The molecular formula is C18H26N4O4. The van der Waals surface area contributed by atoms with Crippen molar-refractivity contribution in [2.45, 2.75) is 38.3 Å². The highest BCUT2D eigenvalue weighted by Gasteiger charge is 2.33. The number of aliphatic hydroxyl groups excluding tert-OH is 1. The van der Waals surface area contributed by atoms with Gasteiger partial charge in [0.1, 0.15) is 5.69 Å². The lowest BCUT2D eigenvalue weighted by Gasteiger charge is -2.33. The Labute approximate surface area is 152 Å². The molecule has 0 radical (unpaired) electrons. The summed E-state index contributed by atoms with van der Waals surface area (Å²) >= 11 is 0. The number of likely N-dealkylation sites (tertiary alicyclic amines) is 1. The van der Waals surface area contributed by atoms with Crippen LogP contribution in [0.2, 0.25) is 0 Å². The molecule has 2 fully saturated rings. The van der Waals surface area contributed by atoms with Gasteiger partial charge in [-0.25, -0.2) is 4.98 Å². The van der Waals surface area contributed by atoms with E-state index in [1.807, 2.05) is 9.47 Å². The largest absolute Gasteiger partial charge is 0.393 e. The Morgan fingerprint density at radius 2 is 1.81 bits per heavy atom. The molecule has 1 aromatic rings. The number of morpholine rings is 1. The molecular weight excluding hydrogens is 336 g/mol. The average molecular weight is 362 g/mol. The van der Waals surface area contributed by atoms with E-state index in [9.17, 15) is 14.7 Å². The fourth-order valence-electron chi connectivity index (χ4n) is 4.11. The monoisotopic (exact) mass is 362 g/mol. The Morgan fingerprint density at radius 1 is 1.08 bits per heavy atom. The lowest BCUT2D eigenvalue weighted by Crippen LogP contribution is -2.45. The van der Waals surface area contributed by atoms with Gasteiger partial charge in [0.15, 0.2) is 0 Å². The van der Waals surface area contributed by atoms with Crippen molar-refractivity contribution in [3.63, 3.8) is 0 Å². The fraction of sp³-hybridized carbons (Fsp3) is 0.722. The maximum Gasteiger partial charge on any atom is 0.274 e. The summed E-state index contributed by atoms with van der Waals surface area (Å²) < 4.78 is 7.29. The minimum absolute atomic E-state index is 0.0522. The van der Waals surface area contributed by atoms with Crippen molar-refractivity contribution < 1.29 is 19.4 Å². The van der Waals surface area contributed by atoms with Gasteiger partial charge in [-0.2, -0.15) is 0 Å². The molecule has 1 aromatic heterocycles. The Morgan fingerprint density at radius 3 is 2.54 bits per heavy atom. The first kappa shape index (κ1) is 17.5. The summed E-state index contributed by atoms with van der Waals surface area (Å²) in [6, 6.07) is 0. The zero-order valence-corrected chi connectivity index (χ0v) is 15.0. The minimum Gasteiger partial charge on any atom is -0.393 e. The van der Waals surface area contributed by atoms with Crippen molar-refractivity contribution in [2.24, 2.45) is 5.92 Å². The summed E-state index contributed by atoms with van der Waals surface area (Å²) in [6.07, 6.45) is 4.08. The number of hydrogen-bond acceptors (Lipinski definition) is 5. The quantitative estimate of drug-likeness (QED) is 0.794. The highest BCUT2D eigenvalue weighted by Crippen LogP contribution is 2.25. The third-order valence-electron chi connectivity index (χ3n) is 5.72. The third-order valence-corrected chi connectivity index (χ3v) is 5.72. The van der Waals surface area contributed by atoms with Crippen LogP contribution >= 0.6 is 0 Å². The first-order chi connectivity index (χ1) is 12.6. The molecule has 0 bridgehead atoms. The van der Waals surface area contributed by atoms with E-state index in [0.29, 0.717) is 70.9 Å². The normalized spacial score (nSPS) is 24.4. The smallest absolute Gasteiger partial charge is 0.274 e. The molecule has 142 valence electrons. The van der Waals surface area contributed by atoms with Crippen LogP contribution in [0, 0.1) is 5.92 Å². The maximum absolute atomic E-state index is 12.8. The minimum atomic E-state index is -0.304. The second kappa shape index (κ2) is 7.36. The molecule has 2 amide bonds. The van der Waals surface area contributed by atoms with Gasteiger partial charge in [0.05, 0.1) is 37.3 Å². The molecule has 8 heteroatoms. The van der Waals surface area contributed by atoms with Crippen LogP contribution in [-0.2, 0) is 22.5 Å². The number of fused-ring (bicyclic) bond motifs is 1. The Hall–Kier alpha value is -1.93. The molecule has 2 saturated heterocycles. The number of carbonyl (C=O) groups excluding carboxylic acids is 2. The summed E-state index contributed by atoms with van der Waals surface area (Å²) in [4.78, 5) is 33.5. The second-order valence-corrected chi connectivity index (χ2v) is 7.39. The van der Waals surface area contributed by atoms with Crippen LogP contribution in [-0.4, -0.2) is 81.8 Å². The first-order valence-corrected chi connectivity index (χ1v) is 9.51. The van der Waals surface area contributed by atoms with Crippen molar-refractivity contribution in [1.29, 1.82) is 0 Å². The van der Waals surface area contributed by atoms with E-state index in [-0.39, 0.29) is 23.8 Å². The molecule has 1 atom stereocenters. The Bertz CT molecular complexity index is 675. The molecule has 0 aliphatic carbocycles. The van der Waals surface area contributed by atoms with Crippen LogP contribution < -0.4 is 0 Å². The third kappa shape index (κ3) is 3.35. The van der Waals surface area contributed by atoms with E-state index in [4.69, 9.17) is 4.74 Å². The number of amides is 2. The van der Waals surface area contributed by atoms with E-state index in [1.165, 1.54) is 0 Å². The second-order valence-electron chi connectivity index (χ2n) is 7.39. The number of nitrogens with zero attached hydrogens (tertiary/aromatic N) is 4.